The van der Waals surface area contributed by atoms with E-state index in [2.05, 4.69) is 30.3 Å². The summed E-state index contributed by atoms with van der Waals surface area (Å²) in [5, 5.41) is 12.1. The van der Waals surface area contributed by atoms with E-state index in [1.54, 1.807) is 31.2 Å². The van der Waals surface area contributed by atoms with Crippen LogP contribution in [-0.4, -0.2) is 44.3 Å². The minimum absolute atomic E-state index is 0.346. The summed E-state index contributed by atoms with van der Waals surface area (Å²) in [5.41, 5.74) is 5.68. The zero-order valence-electron chi connectivity index (χ0n) is 14.2. The fourth-order valence-electron chi connectivity index (χ4n) is 1.77. The number of nitriles is 1. The molecule has 1 aromatic carbocycles. The lowest BCUT2D eigenvalue weighted by Crippen LogP contribution is -3.05. The van der Waals surface area contributed by atoms with E-state index in [-0.39, 0.29) is 5.91 Å². The lowest BCUT2D eigenvalue weighted by Gasteiger charge is -2.16. The van der Waals surface area contributed by atoms with Crippen molar-refractivity contribution in [2.75, 3.05) is 27.2 Å². The number of rotatable bonds is 7. The van der Waals surface area contributed by atoms with Gasteiger partial charge in [-0.2, -0.15) is 5.26 Å². The Labute approximate surface area is 147 Å². The van der Waals surface area contributed by atoms with Gasteiger partial charge in [0.2, 0.25) is 0 Å². The Morgan fingerprint density at radius 2 is 2.00 bits per heavy atom. The number of ether oxygens (including phenoxy) is 1. The lowest BCUT2D eigenvalue weighted by molar-refractivity contribution is -0.858. The molecule has 24 heavy (non-hydrogen) atoms. The normalized spacial score (nSPS) is 11.3. The number of carbonyl (C=O) groups excluding carboxylic acids is 1. The van der Waals surface area contributed by atoms with Gasteiger partial charge in [0.25, 0.3) is 5.91 Å². The van der Waals surface area contributed by atoms with E-state index < -0.39 is 6.10 Å². The number of thiocarbonyl (C=S) groups is 1. The summed E-state index contributed by atoms with van der Waals surface area (Å²) in [6.45, 7) is 3.41. The molecule has 0 fully saturated rings. The average molecular weight is 350 g/mol. The summed E-state index contributed by atoms with van der Waals surface area (Å²) < 4.78 is 5.50. The van der Waals surface area contributed by atoms with E-state index in [0.29, 0.717) is 16.4 Å². The SMILES string of the molecule is C[C@H](Oc1ccc(C#N)cc1)C(=O)NNC(=S)NCCC[NH+](C)C. The Bertz CT molecular complexity index is 583. The molecular weight excluding hydrogens is 326 g/mol. The van der Waals surface area contributed by atoms with Crippen LogP contribution in [0.1, 0.15) is 18.9 Å². The summed E-state index contributed by atoms with van der Waals surface area (Å²) in [7, 11) is 4.18. The molecule has 1 atom stereocenters. The largest absolute Gasteiger partial charge is 0.481 e. The Balaban J connectivity index is 2.28. The van der Waals surface area contributed by atoms with Gasteiger partial charge in [0.1, 0.15) is 5.75 Å². The molecule has 0 unspecified atom stereocenters. The number of hydrogen-bond donors (Lipinski definition) is 4. The van der Waals surface area contributed by atoms with Gasteiger partial charge >= 0.3 is 0 Å². The van der Waals surface area contributed by atoms with Gasteiger partial charge in [-0.05, 0) is 43.4 Å². The van der Waals surface area contributed by atoms with Crippen LogP contribution in [0.3, 0.4) is 0 Å². The van der Waals surface area contributed by atoms with Crippen LogP contribution in [0.5, 0.6) is 5.75 Å². The predicted octanol–water partition coefficient (Wildman–Crippen LogP) is -0.645. The molecule has 0 spiro atoms. The second-order valence-corrected chi connectivity index (χ2v) is 5.99. The number of hydrogen-bond acceptors (Lipinski definition) is 4. The number of hydrazine groups is 1. The zero-order valence-corrected chi connectivity index (χ0v) is 15.0. The lowest BCUT2D eigenvalue weighted by atomic mass is 10.2. The number of nitrogens with zero attached hydrogens (tertiary/aromatic N) is 1. The maximum absolute atomic E-state index is 12.0. The van der Waals surface area contributed by atoms with Gasteiger partial charge in [-0.1, -0.05) is 0 Å². The van der Waals surface area contributed by atoms with Crippen LogP contribution < -0.4 is 25.8 Å². The number of amides is 1. The van der Waals surface area contributed by atoms with Crippen molar-refractivity contribution in [3.05, 3.63) is 29.8 Å². The maximum Gasteiger partial charge on any atom is 0.279 e. The summed E-state index contributed by atoms with van der Waals surface area (Å²) in [6, 6.07) is 8.58. The zero-order chi connectivity index (χ0) is 17.9. The van der Waals surface area contributed by atoms with Crippen molar-refractivity contribution in [1.29, 1.82) is 5.26 Å². The number of quaternary nitrogens is 1. The van der Waals surface area contributed by atoms with E-state index in [9.17, 15) is 4.79 Å². The van der Waals surface area contributed by atoms with E-state index >= 15 is 0 Å². The minimum atomic E-state index is -0.703. The smallest absolute Gasteiger partial charge is 0.279 e. The van der Waals surface area contributed by atoms with Crippen molar-refractivity contribution in [1.82, 2.24) is 16.2 Å². The third kappa shape index (κ3) is 7.76. The fraction of sp³-hybridized carbons (Fsp3) is 0.438. The molecule has 1 rings (SSSR count). The standard InChI is InChI=1S/C16H23N5O2S/c1-12(23-14-7-5-13(11-17)6-8-14)15(22)19-20-16(24)18-9-4-10-21(2)3/h5-8,12H,4,9-10H2,1-3H3,(H,19,22)(H2,18,20,24)/p+1/t12-/m0/s1. The summed E-state index contributed by atoms with van der Waals surface area (Å²) in [5.74, 6) is 0.171. The van der Waals surface area contributed by atoms with Gasteiger partial charge in [0.05, 0.1) is 32.3 Å². The summed E-state index contributed by atoms with van der Waals surface area (Å²) in [6.07, 6.45) is 0.279. The van der Waals surface area contributed by atoms with Crippen LogP contribution in [0.2, 0.25) is 0 Å². The van der Waals surface area contributed by atoms with E-state index in [1.807, 2.05) is 6.07 Å². The number of carbonyl (C=O) groups is 1. The molecule has 0 radical (unpaired) electrons. The van der Waals surface area contributed by atoms with Crippen molar-refractivity contribution in [3.63, 3.8) is 0 Å². The third-order valence-corrected chi connectivity index (χ3v) is 3.35. The quantitative estimate of drug-likeness (QED) is 0.297. The van der Waals surface area contributed by atoms with Crippen LogP contribution in [-0.2, 0) is 4.79 Å². The molecule has 0 heterocycles. The van der Waals surface area contributed by atoms with Gasteiger partial charge < -0.3 is 15.0 Å². The molecule has 0 aliphatic heterocycles. The summed E-state index contributed by atoms with van der Waals surface area (Å²) in [4.78, 5) is 13.3. The molecule has 0 aliphatic rings. The second-order valence-electron chi connectivity index (χ2n) is 5.58. The van der Waals surface area contributed by atoms with Gasteiger partial charge in [-0.25, -0.2) is 0 Å². The van der Waals surface area contributed by atoms with Crippen LogP contribution >= 0.6 is 12.2 Å². The van der Waals surface area contributed by atoms with Crippen LogP contribution in [0.25, 0.3) is 0 Å². The topological polar surface area (TPSA) is 90.6 Å². The maximum atomic E-state index is 12.0. The highest BCUT2D eigenvalue weighted by molar-refractivity contribution is 7.80. The third-order valence-electron chi connectivity index (χ3n) is 3.10. The number of nitrogens with one attached hydrogen (secondary N) is 4. The first-order valence-electron chi connectivity index (χ1n) is 7.72. The first kappa shape index (κ1) is 19.7. The Morgan fingerprint density at radius 3 is 2.58 bits per heavy atom. The van der Waals surface area contributed by atoms with Crippen molar-refractivity contribution < 1.29 is 14.4 Å². The van der Waals surface area contributed by atoms with Crippen molar-refractivity contribution in [2.45, 2.75) is 19.4 Å². The highest BCUT2D eigenvalue weighted by Gasteiger charge is 2.14. The van der Waals surface area contributed by atoms with Gasteiger partial charge in [0, 0.05) is 13.0 Å². The monoisotopic (exact) mass is 350 g/mol. The Hall–Kier alpha value is -2.37. The molecule has 0 aliphatic carbocycles. The minimum Gasteiger partial charge on any atom is -0.481 e. The van der Waals surface area contributed by atoms with Gasteiger partial charge in [-0.15, -0.1) is 0 Å². The molecule has 7 nitrogen and oxygen atoms in total. The molecule has 130 valence electrons. The van der Waals surface area contributed by atoms with Crippen molar-refractivity contribution in [2.24, 2.45) is 0 Å². The molecule has 0 saturated carbocycles. The molecular formula is C16H24N5O2S+. The van der Waals surface area contributed by atoms with Crippen molar-refractivity contribution >= 4 is 23.2 Å². The van der Waals surface area contributed by atoms with Crippen LogP contribution in [0.15, 0.2) is 24.3 Å². The van der Waals surface area contributed by atoms with E-state index in [0.717, 1.165) is 19.5 Å². The first-order chi connectivity index (χ1) is 11.4. The molecule has 0 saturated heterocycles. The Kier molecular flexibility index (Phi) is 8.54. The highest BCUT2D eigenvalue weighted by atomic mass is 32.1. The predicted molar refractivity (Wildman–Crippen MR) is 95.4 cm³/mol. The first-order valence-corrected chi connectivity index (χ1v) is 8.12. The van der Waals surface area contributed by atoms with Crippen LogP contribution in [0, 0.1) is 11.3 Å². The molecule has 1 aromatic rings. The molecule has 4 N–H and O–H groups in total. The Morgan fingerprint density at radius 1 is 1.33 bits per heavy atom. The second kappa shape index (κ2) is 10.4. The molecule has 0 bridgehead atoms. The number of benzene rings is 1. The summed E-state index contributed by atoms with van der Waals surface area (Å²) >= 11 is 5.08. The van der Waals surface area contributed by atoms with Gasteiger partial charge in [-0.3, -0.25) is 15.6 Å². The molecule has 8 heteroatoms. The van der Waals surface area contributed by atoms with Gasteiger partial charge in [0.15, 0.2) is 11.2 Å². The average Bonchev–Trinajstić information content (AvgIpc) is 2.57. The van der Waals surface area contributed by atoms with E-state index in [1.165, 1.54) is 4.90 Å². The molecule has 0 aromatic heterocycles. The van der Waals surface area contributed by atoms with Crippen molar-refractivity contribution in [3.8, 4) is 11.8 Å². The molecule has 1 amide bonds. The van der Waals surface area contributed by atoms with E-state index in [4.69, 9.17) is 22.2 Å². The highest BCUT2D eigenvalue weighted by Crippen LogP contribution is 2.13. The van der Waals surface area contributed by atoms with Crippen LogP contribution in [0.4, 0.5) is 0 Å². The fourth-order valence-corrected chi connectivity index (χ4v) is 1.93.